The zero-order chi connectivity index (χ0) is 17.1. The molecule has 1 aliphatic rings. The molecule has 1 aliphatic heterocycles. The van der Waals surface area contributed by atoms with Gasteiger partial charge in [0, 0.05) is 27.7 Å². The normalized spacial score (nSPS) is 16.1. The highest BCUT2D eigenvalue weighted by atomic mass is 35.5. The molecule has 2 heterocycles. The molecular weight excluding hydrogens is 320 g/mol. The summed E-state index contributed by atoms with van der Waals surface area (Å²) in [4.78, 5) is 15.1. The largest absolute Gasteiger partial charge is 0.318 e. The molecule has 1 fully saturated rings. The number of ketones is 1. The van der Waals surface area contributed by atoms with Crippen molar-refractivity contribution in [1.29, 1.82) is 0 Å². The first-order chi connectivity index (χ1) is 11.6. The van der Waals surface area contributed by atoms with Crippen LogP contribution in [0.1, 0.15) is 47.4 Å². The lowest BCUT2D eigenvalue weighted by Crippen LogP contribution is -2.31. The Kier molecular flexibility index (Phi) is 5.42. The van der Waals surface area contributed by atoms with Crippen LogP contribution in [0.3, 0.4) is 0 Å². The van der Waals surface area contributed by atoms with Crippen molar-refractivity contribution < 1.29 is 4.79 Å². The summed E-state index contributed by atoms with van der Waals surface area (Å²) in [6, 6.07) is 9.77. The fourth-order valence-electron chi connectivity index (χ4n) is 3.62. The molecule has 24 heavy (non-hydrogen) atoms. The summed E-state index contributed by atoms with van der Waals surface area (Å²) in [6.07, 6.45) is 4.99. The Morgan fingerprint density at radius 3 is 2.29 bits per heavy atom. The Balaban J connectivity index is 1.82. The van der Waals surface area contributed by atoms with E-state index < -0.39 is 0 Å². The van der Waals surface area contributed by atoms with Gasteiger partial charge < -0.3 is 4.57 Å². The lowest BCUT2D eigenvalue weighted by atomic mass is 10.1. The minimum absolute atomic E-state index is 0.227. The highest BCUT2D eigenvalue weighted by Crippen LogP contribution is 2.23. The SMILES string of the molecule is Cc1cc(C(=O)CN2CCCCCC2)c(C)n1-c1ccc(Cl)cc1. The third kappa shape index (κ3) is 3.73. The van der Waals surface area contributed by atoms with E-state index in [0.29, 0.717) is 6.54 Å². The van der Waals surface area contributed by atoms with Gasteiger partial charge in [-0.25, -0.2) is 0 Å². The number of hydrogen-bond acceptors (Lipinski definition) is 2. The second-order valence-corrected chi connectivity index (χ2v) is 7.15. The van der Waals surface area contributed by atoms with Crippen molar-refractivity contribution in [3.05, 3.63) is 52.3 Å². The van der Waals surface area contributed by atoms with Crippen LogP contribution in [0, 0.1) is 13.8 Å². The summed E-state index contributed by atoms with van der Waals surface area (Å²) in [5.41, 5.74) is 3.97. The summed E-state index contributed by atoms with van der Waals surface area (Å²) in [5.74, 6) is 0.227. The second-order valence-electron chi connectivity index (χ2n) is 6.71. The highest BCUT2D eigenvalue weighted by Gasteiger charge is 2.19. The van der Waals surface area contributed by atoms with Gasteiger partial charge >= 0.3 is 0 Å². The van der Waals surface area contributed by atoms with Gasteiger partial charge in [-0.1, -0.05) is 24.4 Å². The summed E-state index contributed by atoms with van der Waals surface area (Å²) in [7, 11) is 0. The van der Waals surface area contributed by atoms with Crippen LogP contribution in [0.5, 0.6) is 0 Å². The van der Waals surface area contributed by atoms with Crippen molar-refractivity contribution in [2.24, 2.45) is 0 Å². The van der Waals surface area contributed by atoms with Gasteiger partial charge in [-0.2, -0.15) is 0 Å². The van der Waals surface area contributed by atoms with Crippen molar-refractivity contribution >= 4 is 17.4 Å². The van der Waals surface area contributed by atoms with Gasteiger partial charge in [-0.15, -0.1) is 0 Å². The van der Waals surface area contributed by atoms with E-state index in [2.05, 4.69) is 9.47 Å². The van der Waals surface area contributed by atoms with E-state index in [0.717, 1.165) is 40.8 Å². The molecule has 2 aromatic rings. The predicted octanol–water partition coefficient (Wildman–Crippen LogP) is 4.81. The number of Topliss-reactive ketones (excluding diaryl/α,β-unsaturated/α-hetero) is 1. The van der Waals surface area contributed by atoms with E-state index in [-0.39, 0.29) is 5.78 Å². The smallest absolute Gasteiger partial charge is 0.178 e. The van der Waals surface area contributed by atoms with Gasteiger partial charge in [0.15, 0.2) is 5.78 Å². The molecule has 0 spiro atoms. The van der Waals surface area contributed by atoms with Gasteiger partial charge in [0.1, 0.15) is 0 Å². The van der Waals surface area contributed by atoms with Gasteiger partial charge in [0.05, 0.1) is 6.54 Å². The molecular formula is C20H25ClN2O. The first-order valence-electron chi connectivity index (χ1n) is 8.76. The number of likely N-dealkylation sites (tertiary alicyclic amines) is 1. The van der Waals surface area contributed by atoms with Crippen LogP contribution in [0.15, 0.2) is 30.3 Å². The maximum atomic E-state index is 12.8. The third-order valence-corrected chi connectivity index (χ3v) is 5.13. The van der Waals surface area contributed by atoms with E-state index >= 15 is 0 Å². The van der Waals surface area contributed by atoms with Crippen molar-refractivity contribution in [2.45, 2.75) is 39.5 Å². The maximum Gasteiger partial charge on any atom is 0.178 e. The topological polar surface area (TPSA) is 25.2 Å². The van der Waals surface area contributed by atoms with E-state index in [4.69, 9.17) is 11.6 Å². The van der Waals surface area contributed by atoms with Crippen LogP contribution in [0.4, 0.5) is 0 Å². The summed E-state index contributed by atoms with van der Waals surface area (Å²) >= 11 is 5.99. The average molecular weight is 345 g/mol. The van der Waals surface area contributed by atoms with Crippen LogP contribution in [-0.2, 0) is 0 Å². The summed E-state index contributed by atoms with van der Waals surface area (Å²) in [5, 5.41) is 0.721. The number of halogens is 1. The van der Waals surface area contributed by atoms with E-state index in [1.165, 1.54) is 25.7 Å². The first-order valence-corrected chi connectivity index (χ1v) is 9.14. The molecule has 0 amide bonds. The van der Waals surface area contributed by atoms with Crippen molar-refractivity contribution in [2.75, 3.05) is 19.6 Å². The van der Waals surface area contributed by atoms with Crippen LogP contribution >= 0.6 is 11.6 Å². The van der Waals surface area contributed by atoms with Crippen LogP contribution in [-0.4, -0.2) is 34.9 Å². The lowest BCUT2D eigenvalue weighted by molar-refractivity contribution is 0.0932. The molecule has 3 nitrogen and oxygen atoms in total. The van der Waals surface area contributed by atoms with E-state index in [9.17, 15) is 4.79 Å². The Bertz CT molecular complexity index is 710. The molecule has 0 N–H and O–H groups in total. The molecule has 0 bridgehead atoms. The van der Waals surface area contributed by atoms with Gasteiger partial charge in [-0.05, 0) is 70.1 Å². The van der Waals surface area contributed by atoms with Gasteiger partial charge in [0.25, 0.3) is 0 Å². The quantitative estimate of drug-likeness (QED) is 0.744. The summed E-state index contributed by atoms with van der Waals surface area (Å²) in [6.45, 7) is 6.69. The van der Waals surface area contributed by atoms with Gasteiger partial charge in [0.2, 0.25) is 0 Å². The molecule has 1 saturated heterocycles. The second kappa shape index (κ2) is 7.54. The molecule has 0 aliphatic carbocycles. The Labute approximate surface area is 149 Å². The highest BCUT2D eigenvalue weighted by molar-refractivity contribution is 6.30. The minimum Gasteiger partial charge on any atom is -0.318 e. The minimum atomic E-state index is 0.227. The van der Waals surface area contributed by atoms with Crippen molar-refractivity contribution in [3.63, 3.8) is 0 Å². The first kappa shape index (κ1) is 17.2. The maximum absolute atomic E-state index is 12.8. The molecule has 1 aromatic carbocycles. The van der Waals surface area contributed by atoms with Gasteiger partial charge in [-0.3, -0.25) is 9.69 Å². The number of aromatic nitrogens is 1. The molecule has 3 rings (SSSR count). The standard InChI is InChI=1S/C20H25ClN2O/c1-15-13-19(20(24)14-22-11-5-3-4-6-12-22)16(2)23(15)18-9-7-17(21)8-10-18/h7-10,13H,3-6,11-12,14H2,1-2H3. The average Bonchev–Trinajstić information content (AvgIpc) is 2.74. The number of benzene rings is 1. The number of rotatable bonds is 4. The molecule has 128 valence electrons. The van der Waals surface area contributed by atoms with Crippen LogP contribution in [0.25, 0.3) is 5.69 Å². The predicted molar refractivity (Wildman–Crippen MR) is 99.5 cm³/mol. The number of carbonyl (C=O) groups is 1. The number of aryl methyl sites for hydroxylation is 1. The fraction of sp³-hybridized carbons (Fsp3) is 0.450. The Morgan fingerprint density at radius 2 is 1.67 bits per heavy atom. The number of nitrogens with zero attached hydrogens (tertiary/aromatic N) is 2. The Morgan fingerprint density at radius 1 is 1.04 bits per heavy atom. The molecule has 4 heteroatoms. The monoisotopic (exact) mass is 344 g/mol. The number of carbonyl (C=O) groups excluding carboxylic acids is 1. The van der Waals surface area contributed by atoms with Crippen molar-refractivity contribution in [1.82, 2.24) is 9.47 Å². The molecule has 0 atom stereocenters. The zero-order valence-electron chi connectivity index (χ0n) is 14.5. The van der Waals surface area contributed by atoms with Crippen LogP contribution in [0.2, 0.25) is 5.02 Å². The lowest BCUT2D eigenvalue weighted by Gasteiger charge is -2.18. The molecule has 0 radical (unpaired) electrons. The third-order valence-electron chi connectivity index (χ3n) is 4.88. The zero-order valence-corrected chi connectivity index (χ0v) is 15.3. The molecule has 0 saturated carbocycles. The fourth-order valence-corrected chi connectivity index (χ4v) is 3.74. The van der Waals surface area contributed by atoms with E-state index in [1.54, 1.807) is 0 Å². The van der Waals surface area contributed by atoms with E-state index in [1.807, 2.05) is 44.2 Å². The Hall–Kier alpha value is -1.58. The number of hydrogen-bond donors (Lipinski definition) is 0. The molecule has 0 unspecified atom stereocenters. The van der Waals surface area contributed by atoms with Crippen molar-refractivity contribution in [3.8, 4) is 5.69 Å². The van der Waals surface area contributed by atoms with Crippen LogP contribution < -0.4 is 0 Å². The summed E-state index contributed by atoms with van der Waals surface area (Å²) < 4.78 is 2.13. The molecule has 1 aromatic heterocycles.